The Kier molecular flexibility index (Phi) is 6.00. The number of nitrogens with one attached hydrogen (secondary N) is 1. The Labute approximate surface area is 177 Å². The molecule has 2 aromatic carbocycles. The standard InChI is InChI=1S/C19H18ClFN4O4S/c20-14-3-1-13(2-4-14)19-23-18(29-24-19)12-22-15-5-6-16(21)17(11-15)30(26,27)25-7-9-28-10-8-25/h1-6,11,22H,7-10,12H2. The molecule has 0 bridgehead atoms. The van der Waals surface area contributed by atoms with Crippen LogP contribution < -0.4 is 5.32 Å². The Hall–Kier alpha value is -2.53. The highest BCUT2D eigenvalue weighted by Crippen LogP contribution is 2.24. The summed E-state index contributed by atoms with van der Waals surface area (Å²) in [5.74, 6) is -0.116. The fraction of sp³-hybridized carbons (Fsp3) is 0.263. The van der Waals surface area contributed by atoms with Crippen LogP contribution in [0.5, 0.6) is 0 Å². The maximum Gasteiger partial charge on any atom is 0.246 e. The van der Waals surface area contributed by atoms with Crippen molar-refractivity contribution in [3.05, 3.63) is 59.2 Å². The van der Waals surface area contributed by atoms with E-state index in [4.69, 9.17) is 20.9 Å². The smallest absolute Gasteiger partial charge is 0.246 e. The predicted molar refractivity (Wildman–Crippen MR) is 108 cm³/mol. The van der Waals surface area contributed by atoms with Gasteiger partial charge in [-0.15, -0.1) is 0 Å². The summed E-state index contributed by atoms with van der Waals surface area (Å²) < 4.78 is 51.4. The minimum Gasteiger partial charge on any atom is -0.379 e. The number of anilines is 1. The SMILES string of the molecule is O=S(=O)(c1cc(NCc2nc(-c3ccc(Cl)cc3)no2)ccc1F)N1CCOCC1. The van der Waals surface area contributed by atoms with Gasteiger partial charge in [0.1, 0.15) is 10.7 Å². The molecule has 0 amide bonds. The zero-order chi connectivity index (χ0) is 21.1. The fourth-order valence-corrected chi connectivity index (χ4v) is 4.58. The van der Waals surface area contributed by atoms with Gasteiger partial charge in [-0.2, -0.15) is 9.29 Å². The van der Waals surface area contributed by atoms with Crippen molar-refractivity contribution in [3.8, 4) is 11.4 Å². The van der Waals surface area contributed by atoms with Crippen molar-refractivity contribution in [1.82, 2.24) is 14.4 Å². The van der Waals surface area contributed by atoms with Crippen molar-refractivity contribution in [1.29, 1.82) is 0 Å². The van der Waals surface area contributed by atoms with E-state index in [1.165, 1.54) is 16.4 Å². The lowest BCUT2D eigenvalue weighted by molar-refractivity contribution is 0.0729. The summed E-state index contributed by atoms with van der Waals surface area (Å²) in [5, 5.41) is 7.50. The van der Waals surface area contributed by atoms with Gasteiger partial charge in [0.2, 0.25) is 21.7 Å². The molecule has 0 radical (unpaired) electrons. The number of ether oxygens (including phenoxy) is 1. The molecule has 0 aliphatic carbocycles. The highest BCUT2D eigenvalue weighted by Gasteiger charge is 2.29. The second-order valence-corrected chi connectivity index (χ2v) is 8.88. The van der Waals surface area contributed by atoms with Gasteiger partial charge in [-0.3, -0.25) is 0 Å². The van der Waals surface area contributed by atoms with Crippen LogP contribution in [0.4, 0.5) is 10.1 Å². The largest absolute Gasteiger partial charge is 0.379 e. The Morgan fingerprint density at radius 2 is 1.87 bits per heavy atom. The Morgan fingerprint density at radius 1 is 1.13 bits per heavy atom. The lowest BCUT2D eigenvalue weighted by Crippen LogP contribution is -2.40. The average molecular weight is 453 g/mol. The minimum atomic E-state index is -3.96. The Bertz CT molecular complexity index is 1130. The van der Waals surface area contributed by atoms with Gasteiger partial charge >= 0.3 is 0 Å². The van der Waals surface area contributed by atoms with Crippen molar-refractivity contribution in [2.24, 2.45) is 0 Å². The Morgan fingerprint density at radius 3 is 2.60 bits per heavy atom. The molecule has 1 fully saturated rings. The van der Waals surface area contributed by atoms with Crippen LogP contribution in [0.1, 0.15) is 5.89 Å². The molecule has 8 nitrogen and oxygen atoms in total. The van der Waals surface area contributed by atoms with Gasteiger partial charge in [-0.1, -0.05) is 16.8 Å². The number of nitrogens with zero attached hydrogens (tertiary/aromatic N) is 3. The molecule has 2 heterocycles. The predicted octanol–water partition coefficient (Wildman–Crippen LogP) is 3.16. The van der Waals surface area contributed by atoms with Crippen molar-refractivity contribution in [2.75, 3.05) is 31.6 Å². The summed E-state index contributed by atoms with van der Waals surface area (Å²) in [6.45, 7) is 1.09. The molecule has 3 aromatic rings. The number of sulfonamides is 1. The van der Waals surface area contributed by atoms with Crippen molar-refractivity contribution in [2.45, 2.75) is 11.4 Å². The summed E-state index contributed by atoms with van der Waals surface area (Å²) in [4.78, 5) is 3.90. The van der Waals surface area contributed by atoms with Crippen molar-refractivity contribution >= 4 is 27.3 Å². The van der Waals surface area contributed by atoms with E-state index in [9.17, 15) is 12.8 Å². The second-order valence-electron chi connectivity index (χ2n) is 6.53. The number of aromatic nitrogens is 2. The molecule has 1 aliphatic rings. The number of rotatable bonds is 6. The van der Waals surface area contributed by atoms with E-state index >= 15 is 0 Å². The topological polar surface area (TPSA) is 97.6 Å². The van der Waals surface area contributed by atoms with Gasteiger partial charge < -0.3 is 14.6 Å². The molecular weight excluding hydrogens is 435 g/mol. The van der Waals surface area contributed by atoms with Gasteiger partial charge in [0.05, 0.1) is 19.8 Å². The summed E-state index contributed by atoms with van der Waals surface area (Å²) in [7, 11) is -3.96. The van der Waals surface area contributed by atoms with Crippen LogP contribution in [0.3, 0.4) is 0 Å². The van der Waals surface area contributed by atoms with Crippen LogP contribution in [0.25, 0.3) is 11.4 Å². The lowest BCUT2D eigenvalue weighted by Gasteiger charge is -2.26. The molecule has 1 N–H and O–H groups in total. The number of benzene rings is 2. The first-order valence-corrected chi connectivity index (χ1v) is 10.9. The second kappa shape index (κ2) is 8.68. The maximum atomic E-state index is 14.3. The molecule has 1 aromatic heterocycles. The molecule has 11 heteroatoms. The van der Waals surface area contributed by atoms with E-state index in [1.54, 1.807) is 24.3 Å². The number of hydrogen-bond acceptors (Lipinski definition) is 7. The van der Waals surface area contributed by atoms with Crippen molar-refractivity contribution in [3.63, 3.8) is 0 Å². The van der Waals surface area contributed by atoms with E-state index in [2.05, 4.69) is 15.5 Å². The van der Waals surface area contributed by atoms with Crippen molar-refractivity contribution < 1.29 is 22.1 Å². The molecule has 30 heavy (non-hydrogen) atoms. The third kappa shape index (κ3) is 4.46. The van der Waals surface area contributed by atoms with E-state index in [0.717, 1.165) is 11.6 Å². The summed E-state index contributed by atoms with van der Waals surface area (Å²) in [5.41, 5.74) is 1.16. The van der Waals surface area contributed by atoms with Gasteiger partial charge in [0.15, 0.2) is 0 Å². The molecule has 1 aliphatic heterocycles. The third-order valence-corrected chi connectivity index (χ3v) is 6.70. The van der Waals surface area contributed by atoms with Crippen LogP contribution in [0.2, 0.25) is 5.02 Å². The normalized spacial score (nSPS) is 15.3. The Balaban J connectivity index is 1.48. The summed E-state index contributed by atoms with van der Waals surface area (Å²) in [6.07, 6.45) is 0. The number of morpholine rings is 1. The summed E-state index contributed by atoms with van der Waals surface area (Å²) >= 11 is 5.87. The highest BCUT2D eigenvalue weighted by molar-refractivity contribution is 7.89. The van der Waals surface area contributed by atoms with Crippen LogP contribution >= 0.6 is 11.6 Å². The van der Waals surface area contributed by atoms with Crippen LogP contribution in [0.15, 0.2) is 51.9 Å². The maximum absolute atomic E-state index is 14.3. The third-order valence-electron chi connectivity index (χ3n) is 4.53. The molecule has 0 saturated carbocycles. The first-order chi connectivity index (χ1) is 14.4. The van der Waals surface area contributed by atoms with Crippen LogP contribution in [0, 0.1) is 5.82 Å². The monoisotopic (exact) mass is 452 g/mol. The van der Waals surface area contributed by atoms with E-state index < -0.39 is 15.8 Å². The van der Waals surface area contributed by atoms with E-state index in [-0.39, 0.29) is 37.7 Å². The molecule has 158 valence electrons. The number of halogens is 2. The zero-order valence-electron chi connectivity index (χ0n) is 15.7. The first kappa shape index (κ1) is 20.7. The van der Waals surface area contributed by atoms with Gasteiger partial charge in [-0.25, -0.2) is 12.8 Å². The molecule has 1 saturated heterocycles. The molecular formula is C19H18ClFN4O4S. The molecule has 4 rings (SSSR count). The molecule has 0 spiro atoms. The van der Waals surface area contributed by atoms with E-state index in [1.807, 2.05) is 0 Å². The minimum absolute atomic E-state index is 0.142. The fourth-order valence-electron chi connectivity index (χ4n) is 2.96. The van der Waals surface area contributed by atoms with Crippen LogP contribution in [-0.4, -0.2) is 49.2 Å². The van der Waals surface area contributed by atoms with Crippen LogP contribution in [-0.2, 0) is 21.3 Å². The van der Waals surface area contributed by atoms with Gasteiger partial charge in [0.25, 0.3) is 0 Å². The lowest BCUT2D eigenvalue weighted by atomic mass is 10.2. The average Bonchev–Trinajstić information content (AvgIpc) is 3.23. The van der Waals surface area contributed by atoms with E-state index in [0.29, 0.717) is 22.4 Å². The zero-order valence-corrected chi connectivity index (χ0v) is 17.3. The quantitative estimate of drug-likeness (QED) is 0.613. The first-order valence-electron chi connectivity index (χ1n) is 9.13. The number of hydrogen-bond donors (Lipinski definition) is 1. The highest BCUT2D eigenvalue weighted by atomic mass is 35.5. The summed E-state index contributed by atoms with van der Waals surface area (Å²) in [6, 6.07) is 10.8. The molecule has 0 unspecified atom stereocenters. The molecule has 0 atom stereocenters. The van der Waals surface area contributed by atoms with Gasteiger partial charge in [-0.05, 0) is 42.5 Å². The van der Waals surface area contributed by atoms with Gasteiger partial charge in [0, 0.05) is 29.4 Å².